The number of carboxylic acid groups (broad SMARTS) is 1. The molecule has 1 unspecified atom stereocenters. The van der Waals surface area contributed by atoms with E-state index in [9.17, 15) is 4.79 Å². The van der Waals surface area contributed by atoms with Gasteiger partial charge in [-0.05, 0) is 37.6 Å². The van der Waals surface area contributed by atoms with Crippen molar-refractivity contribution in [2.45, 2.75) is 27.1 Å². The molecule has 2 aromatic carbocycles. The molecule has 0 aliphatic rings. The largest absolute Gasteiger partial charge is 0.478 e. The van der Waals surface area contributed by atoms with E-state index in [1.54, 1.807) is 19.1 Å². The number of carboxylic acids is 1. The smallest absolute Gasteiger partial charge is 0.339 e. The van der Waals surface area contributed by atoms with Gasteiger partial charge in [0.1, 0.15) is 11.3 Å². The molecule has 0 bridgehead atoms. The molecule has 0 saturated heterocycles. The molecule has 0 radical (unpaired) electrons. The van der Waals surface area contributed by atoms with E-state index in [0.29, 0.717) is 5.75 Å². The van der Waals surface area contributed by atoms with Crippen LogP contribution in [0.1, 0.15) is 28.4 Å². The Morgan fingerprint density at radius 2 is 1.82 bits per heavy atom. The molecule has 0 saturated carbocycles. The van der Waals surface area contributed by atoms with Gasteiger partial charge in [-0.25, -0.2) is 4.79 Å². The number of aryl methyl sites for hydroxylation is 2. The molecule has 5 nitrogen and oxygen atoms in total. The van der Waals surface area contributed by atoms with Gasteiger partial charge in [-0.1, -0.05) is 29.8 Å². The Morgan fingerprint density at radius 1 is 1.09 bits per heavy atom. The van der Waals surface area contributed by atoms with Crippen LogP contribution in [-0.2, 0) is 4.89 Å². The van der Waals surface area contributed by atoms with Gasteiger partial charge in [0.05, 0.1) is 0 Å². The summed E-state index contributed by atoms with van der Waals surface area (Å²) in [6.45, 7) is 5.61. The Kier molecular flexibility index (Phi) is 5.01. The summed E-state index contributed by atoms with van der Waals surface area (Å²) in [5, 5.41) is 9.06. The predicted molar refractivity (Wildman–Crippen MR) is 81.1 cm³/mol. The number of carbonyl (C=O) groups is 1. The Labute approximate surface area is 129 Å². The molecule has 116 valence electrons. The second-order valence-electron chi connectivity index (χ2n) is 4.94. The summed E-state index contributed by atoms with van der Waals surface area (Å²) in [6.07, 6.45) is -0.691. The fraction of sp³-hybridized carbons (Fsp3) is 0.235. The SMILES string of the molecule is Cc1ccc(OC(C)OOc2ccccc2C(=O)O)c(C)c1. The van der Waals surface area contributed by atoms with E-state index in [2.05, 4.69) is 0 Å². The van der Waals surface area contributed by atoms with Crippen molar-refractivity contribution < 1.29 is 24.4 Å². The molecule has 0 aliphatic carbocycles. The van der Waals surface area contributed by atoms with Crippen LogP contribution in [0.15, 0.2) is 42.5 Å². The van der Waals surface area contributed by atoms with E-state index in [-0.39, 0.29) is 11.3 Å². The molecule has 5 heteroatoms. The first-order valence-electron chi connectivity index (χ1n) is 6.87. The molecular formula is C17H18O5. The molecule has 0 amide bonds. The topological polar surface area (TPSA) is 65.0 Å². The maximum atomic E-state index is 11.1. The summed E-state index contributed by atoms with van der Waals surface area (Å²) < 4.78 is 5.63. The summed E-state index contributed by atoms with van der Waals surface area (Å²) in [4.78, 5) is 21.3. The zero-order chi connectivity index (χ0) is 16.1. The highest BCUT2D eigenvalue weighted by molar-refractivity contribution is 5.90. The zero-order valence-corrected chi connectivity index (χ0v) is 12.7. The van der Waals surface area contributed by atoms with E-state index in [1.165, 1.54) is 12.1 Å². The summed E-state index contributed by atoms with van der Waals surface area (Å²) in [5.74, 6) is -0.263. The molecule has 0 heterocycles. The van der Waals surface area contributed by atoms with Gasteiger partial charge >= 0.3 is 5.97 Å². The molecule has 2 rings (SSSR count). The lowest BCUT2D eigenvalue weighted by Gasteiger charge is -2.16. The number of benzene rings is 2. The van der Waals surface area contributed by atoms with Crippen LogP contribution in [0.3, 0.4) is 0 Å². The van der Waals surface area contributed by atoms with Crippen LogP contribution in [0.4, 0.5) is 0 Å². The highest BCUT2D eigenvalue weighted by Crippen LogP contribution is 2.22. The van der Waals surface area contributed by atoms with Gasteiger partial charge in [0.2, 0.25) is 6.29 Å². The highest BCUT2D eigenvalue weighted by atomic mass is 17.2. The fourth-order valence-electron chi connectivity index (χ4n) is 1.97. The number of aromatic carboxylic acids is 1. The van der Waals surface area contributed by atoms with E-state index < -0.39 is 12.3 Å². The van der Waals surface area contributed by atoms with Crippen molar-refractivity contribution in [3.63, 3.8) is 0 Å². The molecular weight excluding hydrogens is 284 g/mol. The van der Waals surface area contributed by atoms with Crippen molar-refractivity contribution in [2.24, 2.45) is 0 Å². The number of hydrogen-bond donors (Lipinski definition) is 1. The van der Waals surface area contributed by atoms with Crippen LogP contribution in [0.2, 0.25) is 0 Å². The number of ether oxygens (including phenoxy) is 1. The lowest BCUT2D eigenvalue weighted by Crippen LogP contribution is -2.19. The van der Waals surface area contributed by atoms with Gasteiger partial charge in [-0.3, -0.25) is 0 Å². The monoisotopic (exact) mass is 302 g/mol. The molecule has 0 fully saturated rings. The van der Waals surface area contributed by atoms with Crippen molar-refractivity contribution in [1.29, 1.82) is 0 Å². The van der Waals surface area contributed by atoms with Crippen molar-refractivity contribution in [2.75, 3.05) is 0 Å². The van der Waals surface area contributed by atoms with Crippen LogP contribution < -0.4 is 9.62 Å². The van der Waals surface area contributed by atoms with Crippen LogP contribution in [0.25, 0.3) is 0 Å². The van der Waals surface area contributed by atoms with Gasteiger partial charge in [-0.15, -0.1) is 4.89 Å². The number of rotatable bonds is 6. The van der Waals surface area contributed by atoms with Crippen molar-refractivity contribution in [3.05, 3.63) is 59.2 Å². The highest BCUT2D eigenvalue weighted by Gasteiger charge is 2.14. The third-order valence-electron chi connectivity index (χ3n) is 3.01. The first-order chi connectivity index (χ1) is 10.5. The van der Waals surface area contributed by atoms with E-state index in [4.69, 9.17) is 19.6 Å². The third kappa shape index (κ3) is 3.99. The molecule has 2 aromatic rings. The summed E-state index contributed by atoms with van der Waals surface area (Å²) in [6, 6.07) is 12.0. The number of hydrogen-bond acceptors (Lipinski definition) is 4. The molecule has 0 aliphatic heterocycles. The second-order valence-corrected chi connectivity index (χ2v) is 4.94. The van der Waals surface area contributed by atoms with Gasteiger partial charge in [0.25, 0.3) is 0 Å². The van der Waals surface area contributed by atoms with Crippen LogP contribution in [0, 0.1) is 13.8 Å². The van der Waals surface area contributed by atoms with Crippen LogP contribution in [0.5, 0.6) is 11.5 Å². The lowest BCUT2D eigenvalue weighted by atomic mass is 10.1. The zero-order valence-electron chi connectivity index (χ0n) is 12.7. The van der Waals surface area contributed by atoms with Crippen LogP contribution >= 0.6 is 0 Å². The Balaban J connectivity index is 1.98. The maximum absolute atomic E-state index is 11.1. The maximum Gasteiger partial charge on any atom is 0.339 e. The average molecular weight is 302 g/mol. The summed E-state index contributed by atoms with van der Waals surface area (Å²) in [5.41, 5.74) is 2.16. The fourth-order valence-corrected chi connectivity index (χ4v) is 1.97. The molecule has 1 atom stereocenters. The van der Waals surface area contributed by atoms with Gasteiger partial charge in [-0.2, -0.15) is 0 Å². The van der Waals surface area contributed by atoms with Crippen LogP contribution in [-0.4, -0.2) is 17.4 Å². The van der Waals surface area contributed by atoms with Gasteiger partial charge < -0.3 is 14.7 Å². The van der Waals surface area contributed by atoms with Crippen molar-refractivity contribution >= 4 is 5.97 Å². The molecule has 0 aromatic heterocycles. The minimum atomic E-state index is -1.08. The summed E-state index contributed by atoms with van der Waals surface area (Å²) >= 11 is 0. The first-order valence-corrected chi connectivity index (χ1v) is 6.87. The number of para-hydroxylation sites is 1. The third-order valence-corrected chi connectivity index (χ3v) is 3.01. The van der Waals surface area contributed by atoms with E-state index in [0.717, 1.165) is 11.1 Å². The normalized spacial score (nSPS) is 11.8. The van der Waals surface area contributed by atoms with Gasteiger partial charge in [0.15, 0.2) is 5.75 Å². The van der Waals surface area contributed by atoms with E-state index >= 15 is 0 Å². The molecule has 0 spiro atoms. The second kappa shape index (κ2) is 6.95. The van der Waals surface area contributed by atoms with Gasteiger partial charge in [0, 0.05) is 6.92 Å². The standard InChI is InChI=1S/C17H18O5/c1-11-8-9-15(12(2)10-11)20-13(3)21-22-16-7-5-4-6-14(16)17(18)19/h4-10,13H,1-3H3,(H,18,19). The first kappa shape index (κ1) is 15.9. The minimum Gasteiger partial charge on any atom is -0.478 e. The lowest BCUT2D eigenvalue weighted by molar-refractivity contribution is -0.289. The Hall–Kier alpha value is -2.53. The quantitative estimate of drug-likeness (QED) is 0.500. The molecule has 1 N–H and O–H groups in total. The minimum absolute atomic E-state index is 0.0289. The van der Waals surface area contributed by atoms with Crippen molar-refractivity contribution in [3.8, 4) is 11.5 Å². The van der Waals surface area contributed by atoms with Crippen molar-refractivity contribution in [1.82, 2.24) is 0 Å². The summed E-state index contributed by atoms with van der Waals surface area (Å²) in [7, 11) is 0. The van der Waals surface area contributed by atoms with E-state index in [1.807, 2.05) is 32.0 Å². The molecule has 22 heavy (non-hydrogen) atoms. The Morgan fingerprint density at radius 3 is 2.50 bits per heavy atom. The predicted octanol–water partition coefficient (Wildman–Crippen LogP) is 3.74. The Bertz CT molecular complexity index is 666. The average Bonchev–Trinajstić information content (AvgIpc) is 2.48.